The maximum absolute atomic E-state index is 5.49. The second-order valence-electron chi connectivity index (χ2n) is 5.03. The van der Waals surface area contributed by atoms with Gasteiger partial charge in [-0.3, -0.25) is 5.43 Å². The first kappa shape index (κ1) is 14.1. The van der Waals surface area contributed by atoms with Crippen molar-refractivity contribution in [3.8, 4) is 0 Å². The minimum Gasteiger partial charge on any atom is -0.460 e. The summed E-state index contributed by atoms with van der Waals surface area (Å²) in [5, 5.41) is 8.15. The first-order chi connectivity index (χ1) is 9.15. The van der Waals surface area contributed by atoms with Gasteiger partial charge in [0.25, 0.3) is 0 Å². The van der Waals surface area contributed by atoms with E-state index >= 15 is 0 Å². The van der Waals surface area contributed by atoms with Crippen molar-refractivity contribution in [2.75, 3.05) is 0 Å². The summed E-state index contributed by atoms with van der Waals surface area (Å²) in [4.78, 5) is 0. The monoisotopic (exact) mass is 279 g/mol. The zero-order valence-electron chi connectivity index (χ0n) is 11.5. The van der Waals surface area contributed by atoms with Gasteiger partial charge in [0.2, 0.25) is 0 Å². The molecule has 2 rings (SSSR count). The van der Waals surface area contributed by atoms with E-state index in [0.29, 0.717) is 11.2 Å². The van der Waals surface area contributed by atoms with Gasteiger partial charge in [-0.05, 0) is 51.0 Å². The third kappa shape index (κ3) is 4.35. The minimum absolute atomic E-state index is 0.495. The largest absolute Gasteiger partial charge is 0.460 e. The lowest BCUT2D eigenvalue weighted by Gasteiger charge is -2.23. The molecule has 4 nitrogen and oxygen atoms in total. The van der Waals surface area contributed by atoms with Crippen molar-refractivity contribution in [1.82, 2.24) is 10.7 Å². The summed E-state index contributed by atoms with van der Waals surface area (Å²) in [6, 6.07) is 4.33. The van der Waals surface area contributed by atoms with Crippen molar-refractivity contribution < 1.29 is 4.42 Å². The Bertz CT molecular complexity index is 461. The summed E-state index contributed by atoms with van der Waals surface area (Å²) in [5.41, 5.74) is 3.68. The van der Waals surface area contributed by atoms with Crippen LogP contribution in [-0.2, 0) is 0 Å². The van der Waals surface area contributed by atoms with Gasteiger partial charge in [-0.1, -0.05) is 19.3 Å². The maximum Gasteiger partial charge on any atom is 0.187 e. The lowest BCUT2D eigenvalue weighted by molar-refractivity contribution is 0.412. The lowest BCUT2D eigenvalue weighted by Crippen LogP contribution is -2.41. The Hall–Kier alpha value is -1.36. The topological polar surface area (TPSA) is 49.6 Å². The molecule has 0 aromatic carbocycles. The molecule has 2 N–H and O–H groups in total. The molecule has 1 aliphatic carbocycles. The van der Waals surface area contributed by atoms with Crippen molar-refractivity contribution >= 4 is 23.0 Å². The molecule has 104 valence electrons. The van der Waals surface area contributed by atoms with E-state index in [4.69, 9.17) is 16.6 Å². The summed E-state index contributed by atoms with van der Waals surface area (Å²) in [7, 11) is 0. The molecule has 0 saturated heterocycles. The van der Waals surface area contributed by atoms with E-state index in [9.17, 15) is 0 Å². The molecule has 5 heteroatoms. The molecule has 1 aliphatic rings. The Labute approximate surface area is 119 Å². The van der Waals surface area contributed by atoms with Crippen LogP contribution >= 0.6 is 12.2 Å². The van der Waals surface area contributed by atoms with Crippen molar-refractivity contribution in [3.63, 3.8) is 0 Å². The predicted molar refractivity (Wildman–Crippen MR) is 81.4 cm³/mol. The lowest BCUT2D eigenvalue weighted by atomic mass is 9.96. The van der Waals surface area contributed by atoms with Crippen molar-refractivity contribution in [2.45, 2.75) is 52.0 Å². The van der Waals surface area contributed by atoms with E-state index in [1.165, 1.54) is 32.1 Å². The van der Waals surface area contributed by atoms with Crippen LogP contribution in [0.25, 0.3) is 0 Å². The number of nitrogens with zero attached hydrogens (tertiary/aromatic N) is 1. The van der Waals surface area contributed by atoms with Crippen LogP contribution in [0.4, 0.5) is 0 Å². The average Bonchev–Trinajstić information content (AvgIpc) is 2.84. The molecule has 0 spiro atoms. The second kappa shape index (κ2) is 6.70. The molecule has 0 unspecified atom stereocenters. The molecule has 19 heavy (non-hydrogen) atoms. The van der Waals surface area contributed by atoms with Crippen LogP contribution in [0.2, 0.25) is 0 Å². The highest BCUT2D eigenvalue weighted by Gasteiger charge is 2.13. The first-order valence-corrected chi connectivity index (χ1v) is 7.23. The normalized spacial score (nSPS) is 17.3. The Morgan fingerprint density at radius 1 is 1.32 bits per heavy atom. The van der Waals surface area contributed by atoms with Crippen LogP contribution in [0.3, 0.4) is 0 Å². The Balaban J connectivity index is 1.81. The number of thiocarbonyl (C=S) groups is 1. The molecule has 0 radical (unpaired) electrons. The molecule has 1 saturated carbocycles. The molecule has 0 bridgehead atoms. The quantitative estimate of drug-likeness (QED) is 0.507. The predicted octanol–water partition coefficient (Wildman–Crippen LogP) is 3.11. The number of rotatable bonds is 3. The Morgan fingerprint density at radius 3 is 2.68 bits per heavy atom. The van der Waals surface area contributed by atoms with E-state index in [0.717, 1.165) is 17.2 Å². The van der Waals surface area contributed by atoms with E-state index in [2.05, 4.69) is 15.8 Å². The summed E-state index contributed by atoms with van der Waals surface area (Å²) in [5.74, 6) is 1.65. The average molecular weight is 279 g/mol. The zero-order chi connectivity index (χ0) is 13.7. The third-order valence-corrected chi connectivity index (χ3v) is 3.57. The van der Waals surface area contributed by atoms with Crippen LogP contribution in [-0.4, -0.2) is 16.9 Å². The summed E-state index contributed by atoms with van der Waals surface area (Å²) in [6.07, 6.45) is 6.31. The van der Waals surface area contributed by atoms with Gasteiger partial charge in [0.1, 0.15) is 17.2 Å². The fraction of sp³-hybridized carbons (Fsp3) is 0.571. The highest BCUT2D eigenvalue weighted by molar-refractivity contribution is 7.80. The number of hydrogen-bond acceptors (Lipinski definition) is 3. The highest BCUT2D eigenvalue weighted by atomic mass is 32.1. The molecule has 1 aromatic heterocycles. The number of furan rings is 1. The van der Waals surface area contributed by atoms with Crippen LogP contribution in [0, 0.1) is 6.92 Å². The highest BCUT2D eigenvalue weighted by Crippen LogP contribution is 2.17. The van der Waals surface area contributed by atoms with Gasteiger partial charge in [0, 0.05) is 6.04 Å². The number of aryl methyl sites for hydroxylation is 1. The first-order valence-electron chi connectivity index (χ1n) is 6.83. The smallest absolute Gasteiger partial charge is 0.187 e. The van der Waals surface area contributed by atoms with Crippen LogP contribution in [0.5, 0.6) is 0 Å². The standard InChI is InChI=1S/C14H21N3OS/c1-10-8-9-13(18-10)11(2)16-17-14(19)15-12-6-4-3-5-7-12/h8-9,12H,3-7H2,1-2H3,(H2,15,17,19)/b16-11-. The van der Waals surface area contributed by atoms with Gasteiger partial charge in [0.15, 0.2) is 5.11 Å². The molecule has 1 aromatic rings. The van der Waals surface area contributed by atoms with Gasteiger partial charge in [0.05, 0.1) is 0 Å². The van der Waals surface area contributed by atoms with Crippen LogP contribution in [0.1, 0.15) is 50.5 Å². The zero-order valence-corrected chi connectivity index (χ0v) is 12.3. The van der Waals surface area contributed by atoms with E-state index < -0.39 is 0 Å². The summed E-state index contributed by atoms with van der Waals surface area (Å²) >= 11 is 5.25. The van der Waals surface area contributed by atoms with E-state index in [1.807, 2.05) is 26.0 Å². The van der Waals surface area contributed by atoms with Gasteiger partial charge < -0.3 is 9.73 Å². The SMILES string of the molecule is C/C(=N/NC(=S)NC1CCCCC1)c1ccc(C)o1. The molecule has 0 amide bonds. The van der Waals surface area contributed by atoms with Gasteiger partial charge in [-0.2, -0.15) is 5.10 Å². The van der Waals surface area contributed by atoms with Crippen LogP contribution < -0.4 is 10.7 Å². The number of hydrazone groups is 1. The molecule has 0 aliphatic heterocycles. The van der Waals surface area contributed by atoms with Gasteiger partial charge >= 0.3 is 0 Å². The third-order valence-electron chi connectivity index (χ3n) is 3.36. The van der Waals surface area contributed by atoms with Crippen molar-refractivity contribution in [1.29, 1.82) is 0 Å². The molecular weight excluding hydrogens is 258 g/mol. The van der Waals surface area contributed by atoms with Crippen molar-refractivity contribution in [3.05, 3.63) is 23.7 Å². The van der Waals surface area contributed by atoms with Crippen LogP contribution in [0.15, 0.2) is 21.7 Å². The summed E-state index contributed by atoms with van der Waals surface area (Å²) < 4.78 is 5.49. The Morgan fingerprint density at radius 2 is 2.05 bits per heavy atom. The van der Waals surface area contributed by atoms with E-state index in [-0.39, 0.29) is 0 Å². The summed E-state index contributed by atoms with van der Waals surface area (Å²) in [6.45, 7) is 3.81. The fourth-order valence-electron chi connectivity index (χ4n) is 2.28. The van der Waals surface area contributed by atoms with E-state index in [1.54, 1.807) is 0 Å². The van der Waals surface area contributed by atoms with Gasteiger partial charge in [-0.25, -0.2) is 0 Å². The molecule has 1 fully saturated rings. The molecule has 1 heterocycles. The second-order valence-corrected chi connectivity index (χ2v) is 5.44. The van der Waals surface area contributed by atoms with Crippen molar-refractivity contribution in [2.24, 2.45) is 5.10 Å². The number of nitrogens with one attached hydrogen (secondary N) is 2. The fourth-order valence-corrected chi connectivity index (χ4v) is 2.50. The molecular formula is C14H21N3OS. The number of hydrogen-bond donors (Lipinski definition) is 2. The van der Waals surface area contributed by atoms with Gasteiger partial charge in [-0.15, -0.1) is 0 Å². The minimum atomic E-state index is 0.495. The maximum atomic E-state index is 5.49. The Kier molecular flexibility index (Phi) is 4.96. The molecule has 0 atom stereocenters.